The summed E-state index contributed by atoms with van der Waals surface area (Å²) in [5.74, 6) is -0.371. The first-order chi connectivity index (χ1) is 9.13. The molecular weight excluding hydrogens is 245 g/mol. The van der Waals surface area contributed by atoms with Gasteiger partial charge in [-0.25, -0.2) is 9.18 Å². The third-order valence-electron chi connectivity index (χ3n) is 3.66. The van der Waals surface area contributed by atoms with Gasteiger partial charge in [0.25, 0.3) is 0 Å². The largest absolute Gasteiger partial charge is 0.331 e. The van der Waals surface area contributed by atoms with Crippen LogP contribution in [-0.4, -0.2) is 18.1 Å². The van der Waals surface area contributed by atoms with Gasteiger partial charge >= 0.3 is 6.03 Å². The Bertz CT molecular complexity index is 444. The Morgan fingerprint density at radius 1 is 1.32 bits per heavy atom. The third kappa shape index (κ3) is 3.67. The average Bonchev–Trinajstić information content (AvgIpc) is 2.39. The van der Waals surface area contributed by atoms with Crippen molar-refractivity contribution in [1.82, 2.24) is 5.32 Å². The van der Waals surface area contributed by atoms with Crippen LogP contribution >= 0.6 is 0 Å². The van der Waals surface area contributed by atoms with Crippen molar-refractivity contribution in [2.75, 3.05) is 11.9 Å². The molecule has 1 aromatic carbocycles. The smallest absolute Gasteiger partial charge is 0.319 e. The van der Waals surface area contributed by atoms with E-state index in [1.165, 1.54) is 18.6 Å². The van der Waals surface area contributed by atoms with Crippen LogP contribution in [0, 0.1) is 5.82 Å². The monoisotopic (exact) mass is 265 g/mol. The highest BCUT2D eigenvalue weighted by molar-refractivity contribution is 5.89. The molecule has 0 atom stereocenters. The Kier molecular flexibility index (Phi) is 4.37. The highest BCUT2D eigenvalue weighted by Crippen LogP contribution is 2.27. The molecule has 2 rings (SSSR count). The fourth-order valence-electron chi connectivity index (χ4n) is 2.58. The van der Waals surface area contributed by atoms with E-state index in [4.69, 9.17) is 5.73 Å². The Balaban J connectivity index is 1.96. The van der Waals surface area contributed by atoms with Crippen molar-refractivity contribution < 1.29 is 9.18 Å². The van der Waals surface area contributed by atoms with Crippen molar-refractivity contribution in [2.24, 2.45) is 5.73 Å². The van der Waals surface area contributed by atoms with Crippen LogP contribution in [0.25, 0.3) is 0 Å². The van der Waals surface area contributed by atoms with Gasteiger partial charge in [0.2, 0.25) is 0 Å². The molecule has 1 aliphatic rings. The standard InChI is InChI=1S/C14H20FN3O/c15-11-5-4-6-12(9-11)17-13(19)18-14(10-16)7-2-1-3-8-14/h4-6,9H,1-3,7-8,10,16H2,(H2,17,18,19). The zero-order chi connectivity index (χ0) is 13.7. The van der Waals surface area contributed by atoms with E-state index < -0.39 is 0 Å². The number of nitrogens with one attached hydrogen (secondary N) is 2. The molecular formula is C14H20FN3O. The summed E-state index contributed by atoms with van der Waals surface area (Å²) >= 11 is 0. The lowest BCUT2D eigenvalue weighted by Gasteiger charge is -2.37. The molecule has 0 aromatic heterocycles. The quantitative estimate of drug-likeness (QED) is 0.786. The number of anilines is 1. The van der Waals surface area contributed by atoms with Gasteiger partial charge in [0, 0.05) is 12.2 Å². The van der Waals surface area contributed by atoms with Crippen molar-refractivity contribution in [2.45, 2.75) is 37.6 Å². The number of hydrogen-bond donors (Lipinski definition) is 3. The van der Waals surface area contributed by atoms with Gasteiger partial charge in [0.1, 0.15) is 5.82 Å². The van der Waals surface area contributed by atoms with Crippen LogP contribution in [0.2, 0.25) is 0 Å². The highest BCUT2D eigenvalue weighted by atomic mass is 19.1. The second-order valence-corrected chi connectivity index (χ2v) is 5.13. The molecule has 1 saturated carbocycles. The van der Waals surface area contributed by atoms with Crippen molar-refractivity contribution in [3.63, 3.8) is 0 Å². The topological polar surface area (TPSA) is 67.1 Å². The van der Waals surface area contributed by atoms with Gasteiger partial charge in [-0.05, 0) is 31.0 Å². The van der Waals surface area contributed by atoms with E-state index in [1.807, 2.05) is 0 Å². The molecule has 0 spiro atoms. The molecule has 0 unspecified atom stereocenters. The molecule has 0 heterocycles. The summed E-state index contributed by atoms with van der Waals surface area (Å²) in [6.45, 7) is 0.434. The van der Waals surface area contributed by atoms with Gasteiger partial charge in [0.05, 0.1) is 5.54 Å². The molecule has 2 amide bonds. The minimum atomic E-state index is -0.371. The first-order valence-electron chi connectivity index (χ1n) is 6.68. The average molecular weight is 265 g/mol. The molecule has 1 fully saturated rings. The Morgan fingerprint density at radius 3 is 2.68 bits per heavy atom. The zero-order valence-electron chi connectivity index (χ0n) is 10.9. The lowest BCUT2D eigenvalue weighted by molar-refractivity contribution is 0.215. The van der Waals surface area contributed by atoms with E-state index in [0.29, 0.717) is 12.2 Å². The minimum Gasteiger partial charge on any atom is -0.331 e. The van der Waals surface area contributed by atoms with Crippen LogP contribution in [0.5, 0.6) is 0 Å². The normalized spacial score (nSPS) is 17.8. The fourth-order valence-corrected chi connectivity index (χ4v) is 2.58. The molecule has 0 radical (unpaired) electrons. The second-order valence-electron chi connectivity index (χ2n) is 5.13. The minimum absolute atomic E-state index is 0.310. The van der Waals surface area contributed by atoms with Gasteiger partial charge in [-0.15, -0.1) is 0 Å². The van der Waals surface area contributed by atoms with E-state index in [1.54, 1.807) is 12.1 Å². The summed E-state index contributed by atoms with van der Waals surface area (Å²) in [6.07, 6.45) is 5.16. The lowest BCUT2D eigenvalue weighted by Crippen LogP contribution is -2.55. The number of carbonyl (C=O) groups excluding carboxylic acids is 1. The predicted molar refractivity (Wildman–Crippen MR) is 73.4 cm³/mol. The van der Waals surface area contributed by atoms with Gasteiger partial charge in [-0.3, -0.25) is 0 Å². The van der Waals surface area contributed by atoms with E-state index in [-0.39, 0.29) is 17.4 Å². The zero-order valence-corrected chi connectivity index (χ0v) is 10.9. The molecule has 4 N–H and O–H groups in total. The lowest BCUT2D eigenvalue weighted by atomic mass is 9.82. The molecule has 1 aromatic rings. The SMILES string of the molecule is NCC1(NC(=O)Nc2cccc(F)c2)CCCCC1. The molecule has 1 aliphatic carbocycles. The maximum absolute atomic E-state index is 13.0. The van der Waals surface area contributed by atoms with E-state index >= 15 is 0 Å². The van der Waals surface area contributed by atoms with Crippen LogP contribution in [0.4, 0.5) is 14.9 Å². The van der Waals surface area contributed by atoms with E-state index in [9.17, 15) is 9.18 Å². The van der Waals surface area contributed by atoms with E-state index in [0.717, 1.165) is 25.7 Å². The summed E-state index contributed by atoms with van der Waals surface area (Å²) in [5.41, 5.74) is 5.94. The molecule has 0 bridgehead atoms. The fraction of sp³-hybridized carbons (Fsp3) is 0.500. The Hall–Kier alpha value is -1.62. The number of benzene rings is 1. The Morgan fingerprint density at radius 2 is 2.05 bits per heavy atom. The van der Waals surface area contributed by atoms with Gasteiger partial charge in [0.15, 0.2) is 0 Å². The number of urea groups is 1. The molecule has 104 valence electrons. The highest BCUT2D eigenvalue weighted by Gasteiger charge is 2.32. The number of amides is 2. The summed E-state index contributed by atoms with van der Waals surface area (Å²) in [4.78, 5) is 12.0. The predicted octanol–water partition coefficient (Wildman–Crippen LogP) is 2.61. The summed E-state index contributed by atoms with van der Waals surface area (Å²) in [7, 11) is 0. The maximum Gasteiger partial charge on any atom is 0.319 e. The summed E-state index contributed by atoms with van der Waals surface area (Å²) in [6, 6.07) is 5.52. The van der Waals surface area contributed by atoms with Crippen molar-refractivity contribution in [3.8, 4) is 0 Å². The number of hydrogen-bond acceptors (Lipinski definition) is 2. The number of halogens is 1. The van der Waals surface area contributed by atoms with Crippen molar-refractivity contribution in [3.05, 3.63) is 30.1 Å². The summed E-state index contributed by atoms with van der Waals surface area (Å²) in [5, 5.41) is 5.60. The summed E-state index contributed by atoms with van der Waals surface area (Å²) < 4.78 is 13.0. The molecule has 0 saturated heterocycles. The van der Waals surface area contributed by atoms with E-state index in [2.05, 4.69) is 10.6 Å². The van der Waals surface area contributed by atoms with Crippen LogP contribution in [-0.2, 0) is 0 Å². The number of rotatable bonds is 3. The Labute approximate surface area is 112 Å². The molecule has 4 nitrogen and oxygen atoms in total. The van der Waals surface area contributed by atoms with Crippen molar-refractivity contribution >= 4 is 11.7 Å². The second kappa shape index (κ2) is 6.02. The van der Waals surface area contributed by atoms with Crippen LogP contribution in [0.3, 0.4) is 0 Å². The number of nitrogens with two attached hydrogens (primary N) is 1. The molecule has 19 heavy (non-hydrogen) atoms. The third-order valence-corrected chi connectivity index (χ3v) is 3.66. The first-order valence-corrected chi connectivity index (χ1v) is 6.68. The van der Waals surface area contributed by atoms with Crippen molar-refractivity contribution in [1.29, 1.82) is 0 Å². The van der Waals surface area contributed by atoms with Gasteiger partial charge in [-0.1, -0.05) is 25.3 Å². The van der Waals surface area contributed by atoms with Gasteiger partial charge < -0.3 is 16.4 Å². The van der Waals surface area contributed by atoms with Gasteiger partial charge in [-0.2, -0.15) is 0 Å². The van der Waals surface area contributed by atoms with Crippen LogP contribution < -0.4 is 16.4 Å². The maximum atomic E-state index is 13.0. The molecule has 5 heteroatoms. The van der Waals surface area contributed by atoms with Crippen LogP contribution in [0.1, 0.15) is 32.1 Å². The van der Waals surface area contributed by atoms with Crippen LogP contribution in [0.15, 0.2) is 24.3 Å². The first kappa shape index (κ1) is 13.8. The molecule has 0 aliphatic heterocycles. The number of carbonyl (C=O) groups is 1.